The number of halogens is 5. The maximum atomic E-state index is 13.6. The summed E-state index contributed by atoms with van der Waals surface area (Å²) in [6.07, 6.45) is -2.53. The molecule has 3 fully saturated rings. The Balaban J connectivity index is 1.61. The van der Waals surface area contributed by atoms with E-state index in [0.29, 0.717) is 19.4 Å². The van der Waals surface area contributed by atoms with Gasteiger partial charge in [0.25, 0.3) is 0 Å². The molecule has 5 N–H and O–H groups in total. The number of ether oxygens (including phenoxy) is 1. The standard InChI is InChI=1S/C24H30F5N5O6/c1-9(40-23(25)26)16(33-22(39)24(27,28)29)21(38)34-8-13-10-2-3-11(6-10)15(13)17(34)20(37)32-14(18(30)35)7-12-4-5-31-19(12)36/h2-3,9-17,23H,4-8H2,1H3,(H2,30,35)(H,31,36)(H,32,37)(H,33,39)/t9-,10-,11+,12+,13-,14+,15+,16+,17+/m1/s1. The lowest BCUT2D eigenvalue weighted by Crippen LogP contribution is -2.61. The fourth-order valence-corrected chi connectivity index (χ4v) is 6.46. The summed E-state index contributed by atoms with van der Waals surface area (Å²) in [7, 11) is 0. The van der Waals surface area contributed by atoms with Crippen molar-refractivity contribution in [2.24, 2.45) is 35.3 Å². The molecule has 4 aliphatic rings. The van der Waals surface area contributed by atoms with Crippen LogP contribution in [0.4, 0.5) is 22.0 Å². The van der Waals surface area contributed by atoms with Crippen LogP contribution in [0.1, 0.15) is 26.2 Å². The number of nitrogens with two attached hydrogens (primary N) is 1. The predicted molar refractivity (Wildman–Crippen MR) is 125 cm³/mol. The zero-order valence-corrected chi connectivity index (χ0v) is 21.3. The molecule has 11 nitrogen and oxygen atoms in total. The van der Waals surface area contributed by atoms with E-state index in [0.717, 1.165) is 11.8 Å². The van der Waals surface area contributed by atoms with E-state index in [4.69, 9.17) is 5.73 Å². The molecule has 0 aromatic heterocycles. The molecular weight excluding hydrogens is 549 g/mol. The Labute approximate surface area is 225 Å². The third kappa shape index (κ3) is 5.90. The number of carbonyl (C=O) groups excluding carboxylic acids is 5. The molecule has 5 amide bonds. The number of carbonyl (C=O) groups is 5. The summed E-state index contributed by atoms with van der Waals surface area (Å²) in [5, 5.41) is 6.54. The normalized spacial score (nSPS) is 31.1. The molecule has 2 aliphatic heterocycles. The van der Waals surface area contributed by atoms with Crippen LogP contribution >= 0.6 is 0 Å². The number of likely N-dealkylation sites (tertiary alicyclic amines) is 1. The van der Waals surface area contributed by atoms with Gasteiger partial charge in [-0.05, 0) is 49.9 Å². The Bertz CT molecular complexity index is 1090. The lowest BCUT2D eigenvalue weighted by atomic mass is 9.81. The number of allylic oxidation sites excluding steroid dienone is 2. The van der Waals surface area contributed by atoms with Crippen molar-refractivity contribution in [3.05, 3.63) is 12.2 Å². The number of hydrogen-bond acceptors (Lipinski definition) is 6. The highest BCUT2D eigenvalue weighted by Gasteiger charge is 2.59. The van der Waals surface area contributed by atoms with Gasteiger partial charge in [0.05, 0.1) is 6.10 Å². The van der Waals surface area contributed by atoms with Crippen LogP contribution in [0.5, 0.6) is 0 Å². The van der Waals surface area contributed by atoms with E-state index in [2.05, 4.69) is 15.4 Å². The first kappa shape index (κ1) is 29.7. The van der Waals surface area contributed by atoms with Gasteiger partial charge in [0, 0.05) is 19.0 Å². The monoisotopic (exact) mass is 579 g/mol. The molecule has 2 saturated heterocycles. The molecule has 40 heavy (non-hydrogen) atoms. The third-order valence-corrected chi connectivity index (χ3v) is 8.29. The molecule has 0 spiro atoms. The Morgan fingerprint density at radius 3 is 2.42 bits per heavy atom. The zero-order chi connectivity index (χ0) is 29.5. The maximum absolute atomic E-state index is 13.6. The molecule has 1 saturated carbocycles. The highest BCUT2D eigenvalue weighted by molar-refractivity contribution is 5.96. The number of hydrogen-bond donors (Lipinski definition) is 4. The van der Waals surface area contributed by atoms with Gasteiger partial charge in [0.2, 0.25) is 23.6 Å². The molecule has 9 atom stereocenters. The average molecular weight is 580 g/mol. The number of nitrogens with one attached hydrogen (secondary N) is 3. The highest BCUT2D eigenvalue weighted by atomic mass is 19.4. The topological polar surface area (TPSA) is 160 Å². The van der Waals surface area contributed by atoms with E-state index in [1.54, 1.807) is 0 Å². The van der Waals surface area contributed by atoms with Crippen molar-refractivity contribution in [3.63, 3.8) is 0 Å². The fraction of sp³-hybridized carbons (Fsp3) is 0.708. The van der Waals surface area contributed by atoms with E-state index in [9.17, 15) is 45.9 Å². The number of fused-ring (bicyclic) bond motifs is 5. The highest BCUT2D eigenvalue weighted by Crippen LogP contribution is 2.54. The van der Waals surface area contributed by atoms with Gasteiger partial charge in [-0.1, -0.05) is 12.2 Å². The van der Waals surface area contributed by atoms with Crippen LogP contribution in [0.15, 0.2) is 12.2 Å². The Hall–Kier alpha value is -3.30. The SMILES string of the molecule is C[C@@H](OC(F)F)[C@H](NC(=O)C(F)(F)F)C(=O)N1C[C@H]2[C@@H]([C@H]1C(=O)N[C@@H](C[C@@H]1CCNC1=O)C(N)=O)[C@H]1C=C[C@@H]2C1. The van der Waals surface area contributed by atoms with Gasteiger partial charge < -0.3 is 31.3 Å². The predicted octanol–water partition coefficient (Wildman–Crippen LogP) is -0.193. The molecule has 2 aliphatic carbocycles. The molecule has 0 unspecified atom stereocenters. The van der Waals surface area contributed by atoms with Gasteiger partial charge in [-0.3, -0.25) is 24.0 Å². The minimum Gasteiger partial charge on any atom is -0.368 e. The van der Waals surface area contributed by atoms with Crippen LogP contribution in [0, 0.1) is 29.6 Å². The Morgan fingerprint density at radius 2 is 1.85 bits per heavy atom. The molecule has 222 valence electrons. The molecule has 2 heterocycles. The van der Waals surface area contributed by atoms with Crippen LogP contribution in [-0.4, -0.2) is 84.5 Å². The largest absolute Gasteiger partial charge is 0.471 e. The van der Waals surface area contributed by atoms with E-state index in [1.165, 1.54) is 5.32 Å². The zero-order valence-electron chi connectivity index (χ0n) is 21.3. The Kier molecular flexibility index (Phi) is 8.38. The summed E-state index contributed by atoms with van der Waals surface area (Å²) in [4.78, 5) is 64.1. The van der Waals surface area contributed by atoms with Gasteiger partial charge in [-0.25, -0.2) is 0 Å². The Morgan fingerprint density at radius 1 is 1.18 bits per heavy atom. The van der Waals surface area contributed by atoms with Crippen LogP contribution in [0.25, 0.3) is 0 Å². The molecular formula is C24H30F5N5O6. The van der Waals surface area contributed by atoms with E-state index in [1.807, 2.05) is 12.2 Å². The van der Waals surface area contributed by atoms with Crippen LogP contribution in [0.3, 0.4) is 0 Å². The fourth-order valence-electron chi connectivity index (χ4n) is 6.46. The van der Waals surface area contributed by atoms with Crippen LogP contribution in [-0.2, 0) is 28.7 Å². The average Bonchev–Trinajstić information content (AvgIpc) is 3.63. The number of primary amides is 1. The van der Waals surface area contributed by atoms with E-state index in [-0.39, 0.29) is 36.6 Å². The van der Waals surface area contributed by atoms with Crippen LogP contribution < -0.4 is 21.7 Å². The van der Waals surface area contributed by atoms with Gasteiger partial charge in [0.15, 0.2) is 0 Å². The third-order valence-electron chi connectivity index (χ3n) is 8.29. The van der Waals surface area contributed by atoms with E-state index < -0.39 is 72.5 Å². The molecule has 2 bridgehead atoms. The minimum absolute atomic E-state index is 0.0322. The van der Waals surface area contributed by atoms with Gasteiger partial charge in [-0.15, -0.1) is 0 Å². The molecule has 0 aromatic carbocycles. The maximum Gasteiger partial charge on any atom is 0.471 e. The van der Waals surface area contributed by atoms with Gasteiger partial charge in [0.1, 0.15) is 18.1 Å². The quantitative estimate of drug-likeness (QED) is 0.207. The van der Waals surface area contributed by atoms with Crippen molar-refractivity contribution < 1.29 is 50.7 Å². The summed E-state index contributed by atoms with van der Waals surface area (Å²) in [6.45, 7) is -2.27. The summed E-state index contributed by atoms with van der Waals surface area (Å²) < 4.78 is 69.2. The number of amides is 5. The molecule has 16 heteroatoms. The number of nitrogens with zero attached hydrogens (tertiary/aromatic N) is 1. The number of alkyl halides is 5. The summed E-state index contributed by atoms with van der Waals surface area (Å²) in [6, 6.07) is -4.79. The van der Waals surface area contributed by atoms with Crippen molar-refractivity contribution in [3.8, 4) is 0 Å². The summed E-state index contributed by atoms with van der Waals surface area (Å²) >= 11 is 0. The number of rotatable bonds is 10. The van der Waals surface area contributed by atoms with E-state index >= 15 is 0 Å². The second-order valence-electron chi connectivity index (χ2n) is 10.7. The molecule has 4 rings (SSSR count). The van der Waals surface area contributed by atoms with Gasteiger partial charge in [-0.2, -0.15) is 22.0 Å². The van der Waals surface area contributed by atoms with Crippen molar-refractivity contribution in [2.75, 3.05) is 13.1 Å². The second-order valence-corrected chi connectivity index (χ2v) is 10.7. The first-order valence-electron chi connectivity index (χ1n) is 12.9. The lowest BCUT2D eigenvalue weighted by molar-refractivity contribution is -0.185. The first-order valence-corrected chi connectivity index (χ1v) is 12.9. The van der Waals surface area contributed by atoms with Crippen molar-refractivity contribution in [2.45, 2.75) is 63.2 Å². The minimum atomic E-state index is -5.42. The second kappa shape index (κ2) is 11.3. The van der Waals surface area contributed by atoms with Crippen molar-refractivity contribution in [1.29, 1.82) is 0 Å². The smallest absolute Gasteiger partial charge is 0.368 e. The lowest BCUT2D eigenvalue weighted by Gasteiger charge is -2.34. The van der Waals surface area contributed by atoms with Crippen LogP contribution in [0.2, 0.25) is 0 Å². The summed E-state index contributed by atoms with van der Waals surface area (Å²) in [5.41, 5.74) is 5.48. The first-order chi connectivity index (χ1) is 18.7. The summed E-state index contributed by atoms with van der Waals surface area (Å²) in [5.74, 6) is -7.36. The molecule has 0 aromatic rings. The van der Waals surface area contributed by atoms with Crippen molar-refractivity contribution in [1.82, 2.24) is 20.9 Å². The molecule has 0 radical (unpaired) electrons. The van der Waals surface area contributed by atoms with Crippen molar-refractivity contribution >= 4 is 29.5 Å². The van der Waals surface area contributed by atoms with Gasteiger partial charge >= 0.3 is 18.7 Å².